The number of carbonyl (C=O) groups is 1. The summed E-state index contributed by atoms with van der Waals surface area (Å²) >= 11 is 0. The first-order valence-corrected chi connectivity index (χ1v) is 6.29. The zero-order valence-electron chi connectivity index (χ0n) is 12.6. The van der Waals surface area contributed by atoms with Crippen LogP contribution in [0.5, 0.6) is 5.75 Å². The summed E-state index contributed by atoms with van der Waals surface area (Å²) in [6.45, 7) is 8.01. The average Bonchev–Trinajstić information content (AvgIpc) is 2.32. The number of hydrogen-bond donors (Lipinski definition) is 1. The highest BCUT2D eigenvalue weighted by molar-refractivity contribution is 5.77. The van der Waals surface area contributed by atoms with Gasteiger partial charge in [0.1, 0.15) is 11.3 Å². The molecule has 0 saturated heterocycles. The van der Waals surface area contributed by atoms with E-state index >= 15 is 0 Å². The first kappa shape index (κ1) is 15.5. The van der Waals surface area contributed by atoms with Crippen LogP contribution in [0.3, 0.4) is 0 Å². The molecule has 0 aromatic heterocycles. The lowest BCUT2D eigenvalue weighted by molar-refractivity contribution is -0.148. The van der Waals surface area contributed by atoms with E-state index in [1.54, 1.807) is 21.0 Å². The lowest BCUT2D eigenvalue weighted by atomic mass is 10.00. The smallest absolute Gasteiger partial charge is 0.323 e. The van der Waals surface area contributed by atoms with E-state index < -0.39 is 11.5 Å². The zero-order chi connectivity index (χ0) is 14.8. The van der Waals surface area contributed by atoms with E-state index in [0.29, 0.717) is 6.54 Å². The first-order valence-electron chi connectivity index (χ1n) is 6.29. The maximum absolute atomic E-state index is 11.2. The Labute approximate surface area is 115 Å². The predicted octanol–water partition coefficient (Wildman–Crippen LogP) is 2.61. The average molecular weight is 265 g/mol. The van der Waals surface area contributed by atoms with E-state index in [0.717, 1.165) is 22.4 Å². The number of methoxy groups -OCH3 is 1. The van der Waals surface area contributed by atoms with Crippen LogP contribution in [-0.2, 0) is 11.3 Å². The van der Waals surface area contributed by atoms with Crippen molar-refractivity contribution in [2.75, 3.05) is 14.2 Å². The van der Waals surface area contributed by atoms with Gasteiger partial charge in [-0.15, -0.1) is 0 Å². The summed E-state index contributed by atoms with van der Waals surface area (Å²) in [6, 6.07) is 4.05. The van der Waals surface area contributed by atoms with Gasteiger partial charge in [0.15, 0.2) is 0 Å². The lowest BCUT2D eigenvalue weighted by Crippen LogP contribution is -2.47. The molecule has 0 radical (unpaired) electrons. The molecule has 1 aromatic rings. The second-order valence-corrected chi connectivity index (χ2v) is 5.47. The Kier molecular flexibility index (Phi) is 4.58. The van der Waals surface area contributed by atoms with Gasteiger partial charge >= 0.3 is 5.97 Å². The fourth-order valence-corrected chi connectivity index (χ4v) is 1.86. The maximum atomic E-state index is 11.2. The third-order valence-electron chi connectivity index (χ3n) is 3.74. The van der Waals surface area contributed by atoms with Crippen molar-refractivity contribution >= 4 is 5.97 Å². The summed E-state index contributed by atoms with van der Waals surface area (Å²) < 4.78 is 5.28. The molecule has 0 spiro atoms. The Hall–Kier alpha value is -1.55. The van der Waals surface area contributed by atoms with Crippen molar-refractivity contribution < 1.29 is 14.6 Å². The molecule has 0 fully saturated rings. The maximum Gasteiger partial charge on any atom is 0.323 e. The van der Waals surface area contributed by atoms with Crippen molar-refractivity contribution in [3.8, 4) is 5.75 Å². The molecule has 106 valence electrons. The number of ether oxygens (including phenoxy) is 1. The quantitative estimate of drug-likeness (QED) is 0.889. The second kappa shape index (κ2) is 5.61. The van der Waals surface area contributed by atoms with Gasteiger partial charge in [0.2, 0.25) is 0 Å². The van der Waals surface area contributed by atoms with Gasteiger partial charge in [-0.05, 0) is 57.5 Å². The van der Waals surface area contributed by atoms with Crippen LogP contribution in [0.1, 0.15) is 30.5 Å². The normalized spacial score (nSPS) is 11.7. The fourth-order valence-electron chi connectivity index (χ4n) is 1.86. The highest BCUT2D eigenvalue weighted by Crippen LogP contribution is 2.25. The summed E-state index contributed by atoms with van der Waals surface area (Å²) in [5, 5.41) is 9.23. The topological polar surface area (TPSA) is 49.8 Å². The molecule has 4 nitrogen and oxygen atoms in total. The van der Waals surface area contributed by atoms with E-state index in [9.17, 15) is 9.90 Å². The van der Waals surface area contributed by atoms with E-state index in [1.165, 1.54) is 0 Å². The largest absolute Gasteiger partial charge is 0.496 e. The monoisotopic (exact) mass is 265 g/mol. The van der Waals surface area contributed by atoms with Gasteiger partial charge < -0.3 is 9.84 Å². The molecule has 0 amide bonds. The van der Waals surface area contributed by atoms with Crippen molar-refractivity contribution in [1.82, 2.24) is 4.90 Å². The molecule has 0 heterocycles. The standard InChI is InChI=1S/C15H23NO3/c1-10-8-13(19-6)11(2)7-12(10)9-16(5)15(3,4)14(17)18/h7-8H,9H2,1-6H3,(H,17,18). The van der Waals surface area contributed by atoms with Crippen LogP contribution in [0, 0.1) is 13.8 Å². The van der Waals surface area contributed by atoms with Gasteiger partial charge in [0.25, 0.3) is 0 Å². The van der Waals surface area contributed by atoms with Crippen LogP contribution >= 0.6 is 0 Å². The number of carboxylic acids is 1. The summed E-state index contributed by atoms with van der Waals surface area (Å²) in [6.07, 6.45) is 0. The van der Waals surface area contributed by atoms with E-state index in [-0.39, 0.29) is 0 Å². The van der Waals surface area contributed by atoms with Gasteiger partial charge in [-0.3, -0.25) is 9.69 Å². The molecule has 0 unspecified atom stereocenters. The third-order valence-corrected chi connectivity index (χ3v) is 3.74. The highest BCUT2D eigenvalue weighted by atomic mass is 16.5. The Balaban J connectivity index is 3.01. The highest BCUT2D eigenvalue weighted by Gasteiger charge is 2.32. The summed E-state index contributed by atoms with van der Waals surface area (Å²) in [7, 11) is 3.48. The van der Waals surface area contributed by atoms with Crippen molar-refractivity contribution in [3.63, 3.8) is 0 Å². The van der Waals surface area contributed by atoms with Crippen LogP contribution < -0.4 is 4.74 Å². The van der Waals surface area contributed by atoms with Gasteiger partial charge in [-0.25, -0.2) is 0 Å². The number of likely N-dealkylation sites (N-methyl/N-ethyl adjacent to an activating group) is 1. The number of aliphatic carboxylic acids is 1. The van der Waals surface area contributed by atoms with Crippen molar-refractivity contribution in [3.05, 3.63) is 28.8 Å². The summed E-state index contributed by atoms with van der Waals surface area (Å²) in [5.41, 5.74) is 2.40. The van der Waals surface area contributed by atoms with Crippen LogP contribution in [0.2, 0.25) is 0 Å². The molecule has 1 rings (SSSR count). The number of benzene rings is 1. The predicted molar refractivity (Wildman–Crippen MR) is 75.6 cm³/mol. The molecule has 0 aliphatic rings. The molecular formula is C15H23NO3. The van der Waals surface area contributed by atoms with Gasteiger partial charge in [0.05, 0.1) is 7.11 Å². The molecule has 1 aromatic carbocycles. The number of carboxylic acid groups (broad SMARTS) is 1. The van der Waals surface area contributed by atoms with E-state index in [2.05, 4.69) is 6.07 Å². The molecule has 1 N–H and O–H groups in total. The van der Waals surface area contributed by atoms with Gasteiger partial charge in [-0.1, -0.05) is 6.07 Å². The molecule has 0 bridgehead atoms. The number of nitrogens with zero attached hydrogens (tertiary/aromatic N) is 1. The molecule has 0 aliphatic heterocycles. The molecule has 0 atom stereocenters. The van der Waals surface area contributed by atoms with Crippen LogP contribution in [-0.4, -0.2) is 35.7 Å². The number of rotatable bonds is 5. The SMILES string of the molecule is COc1cc(C)c(CN(C)C(C)(C)C(=O)O)cc1C. The van der Waals surface area contributed by atoms with E-state index in [4.69, 9.17) is 4.74 Å². The van der Waals surface area contributed by atoms with Gasteiger partial charge in [0, 0.05) is 6.54 Å². The summed E-state index contributed by atoms with van der Waals surface area (Å²) in [5.74, 6) is 0.0410. The van der Waals surface area contributed by atoms with Crippen molar-refractivity contribution in [2.45, 2.75) is 39.8 Å². The van der Waals surface area contributed by atoms with Crippen LogP contribution in [0.4, 0.5) is 0 Å². The third kappa shape index (κ3) is 3.26. The minimum Gasteiger partial charge on any atom is -0.496 e. The Morgan fingerprint density at radius 3 is 2.37 bits per heavy atom. The molecule has 4 heteroatoms. The molecular weight excluding hydrogens is 242 g/mol. The zero-order valence-corrected chi connectivity index (χ0v) is 12.6. The Bertz CT molecular complexity index is 481. The molecule has 0 saturated carbocycles. The fraction of sp³-hybridized carbons (Fsp3) is 0.533. The van der Waals surface area contributed by atoms with Crippen molar-refractivity contribution in [2.24, 2.45) is 0 Å². The minimum absolute atomic E-state index is 0.593. The summed E-state index contributed by atoms with van der Waals surface area (Å²) in [4.78, 5) is 13.1. The lowest BCUT2D eigenvalue weighted by Gasteiger charge is -2.32. The van der Waals surface area contributed by atoms with Gasteiger partial charge in [-0.2, -0.15) is 0 Å². The minimum atomic E-state index is -0.889. The molecule has 19 heavy (non-hydrogen) atoms. The number of aryl methyl sites for hydroxylation is 2. The van der Waals surface area contributed by atoms with Crippen molar-refractivity contribution in [1.29, 1.82) is 0 Å². The Morgan fingerprint density at radius 2 is 1.89 bits per heavy atom. The van der Waals surface area contributed by atoms with Crippen LogP contribution in [0.25, 0.3) is 0 Å². The van der Waals surface area contributed by atoms with Crippen LogP contribution in [0.15, 0.2) is 12.1 Å². The molecule has 0 aliphatic carbocycles. The second-order valence-electron chi connectivity index (χ2n) is 5.47. The Morgan fingerprint density at radius 1 is 1.32 bits per heavy atom. The first-order chi connectivity index (χ1) is 8.70. The number of hydrogen-bond acceptors (Lipinski definition) is 3. The van der Waals surface area contributed by atoms with E-state index in [1.807, 2.05) is 31.9 Å².